The van der Waals surface area contributed by atoms with Gasteiger partial charge in [-0.25, -0.2) is 17.5 Å². The third-order valence-electron chi connectivity index (χ3n) is 3.70. The SMILES string of the molecule is COc1ccc2[nH]c(=O)c(CNS(=O)(=O)c3ccc(F)cc3)cc2c1. The van der Waals surface area contributed by atoms with E-state index in [4.69, 9.17) is 4.74 Å². The first-order valence-corrected chi connectivity index (χ1v) is 8.82. The lowest BCUT2D eigenvalue weighted by atomic mass is 10.1. The molecule has 2 N–H and O–H groups in total. The number of pyridine rings is 1. The van der Waals surface area contributed by atoms with E-state index in [1.165, 1.54) is 7.11 Å². The molecular formula is C17H15FN2O4S. The topological polar surface area (TPSA) is 88.3 Å². The molecule has 8 heteroatoms. The number of benzene rings is 2. The maximum absolute atomic E-state index is 12.9. The molecule has 0 aliphatic heterocycles. The van der Waals surface area contributed by atoms with Gasteiger partial charge < -0.3 is 9.72 Å². The number of ether oxygens (including phenoxy) is 1. The molecule has 1 heterocycles. The molecule has 25 heavy (non-hydrogen) atoms. The summed E-state index contributed by atoms with van der Waals surface area (Å²) in [5.74, 6) is 0.0938. The second-order valence-corrected chi connectivity index (χ2v) is 7.12. The summed E-state index contributed by atoms with van der Waals surface area (Å²) in [7, 11) is -2.32. The van der Waals surface area contributed by atoms with E-state index in [0.717, 1.165) is 29.7 Å². The van der Waals surface area contributed by atoms with Crippen molar-refractivity contribution in [3.63, 3.8) is 0 Å². The summed E-state index contributed by atoms with van der Waals surface area (Å²) in [5, 5.41) is 0.718. The van der Waals surface area contributed by atoms with Crippen LogP contribution in [-0.2, 0) is 16.6 Å². The van der Waals surface area contributed by atoms with E-state index in [1.807, 2.05) is 0 Å². The Labute approximate surface area is 143 Å². The van der Waals surface area contributed by atoms with Crippen molar-refractivity contribution in [3.05, 3.63) is 70.3 Å². The Kier molecular flexibility index (Phi) is 4.56. The van der Waals surface area contributed by atoms with Crippen molar-refractivity contribution < 1.29 is 17.5 Å². The number of hydrogen-bond acceptors (Lipinski definition) is 4. The average Bonchev–Trinajstić information content (AvgIpc) is 2.60. The Bertz CT molecular complexity index is 1080. The Balaban J connectivity index is 1.88. The minimum atomic E-state index is -3.85. The smallest absolute Gasteiger partial charge is 0.252 e. The van der Waals surface area contributed by atoms with Crippen LogP contribution in [0.2, 0.25) is 0 Å². The zero-order chi connectivity index (χ0) is 18.0. The second kappa shape index (κ2) is 6.66. The highest BCUT2D eigenvalue weighted by Crippen LogP contribution is 2.19. The Morgan fingerprint density at radius 2 is 1.84 bits per heavy atom. The van der Waals surface area contributed by atoms with Gasteiger partial charge in [0.15, 0.2) is 0 Å². The average molecular weight is 362 g/mol. The van der Waals surface area contributed by atoms with Gasteiger partial charge in [0.2, 0.25) is 10.0 Å². The van der Waals surface area contributed by atoms with Crippen LogP contribution in [-0.4, -0.2) is 20.5 Å². The highest BCUT2D eigenvalue weighted by atomic mass is 32.2. The van der Waals surface area contributed by atoms with E-state index in [2.05, 4.69) is 9.71 Å². The van der Waals surface area contributed by atoms with Crippen LogP contribution in [0.5, 0.6) is 5.75 Å². The summed E-state index contributed by atoms with van der Waals surface area (Å²) >= 11 is 0. The number of methoxy groups -OCH3 is 1. The van der Waals surface area contributed by atoms with E-state index >= 15 is 0 Å². The molecule has 6 nitrogen and oxygen atoms in total. The fourth-order valence-corrected chi connectivity index (χ4v) is 3.36. The van der Waals surface area contributed by atoms with Gasteiger partial charge in [-0.3, -0.25) is 4.79 Å². The number of rotatable bonds is 5. The first kappa shape index (κ1) is 17.1. The molecule has 3 rings (SSSR count). The summed E-state index contributed by atoms with van der Waals surface area (Å²) < 4.78 is 44.9. The van der Waals surface area contributed by atoms with Crippen molar-refractivity contribution in [2.45, 2.75) is 11.4 Å². The quantitative estimate of drug-likeness (QED) is 0.728. The minimum absolute atomic E-state index is 0.0761. The molecule has 0 saturated carbocycles. The molecular weight excluding hydrogens is 347 g/mol. The number of nitrogens with one attached hydrogen (secondary N) is 2. The van der Waals surface area contributed by atoms with E-state index in [1.54, 1.807) is 24.3 Å². The Morgan fingerprint density at radius 1 is 1.12 bits per heavy atom. The van der Waals surface area contributed by atoms with Crippen molar-refractivity contribution in [1.29, 1.82) is 0 Å². The third-order valence-corrected chi connectivity index (χ3v) is 5.12. The summed E-state index contributed by atoms with van der Waals surface area (Å²) in [6, 6.07) is 11.2. The van der Waals surface area contributed by atoms with Crippen molar-refractivity contribution in [3.8, 4) is 5.75 Å². The van der Waals surface area contributed by atoms with Crippen molar-refractivity contribution in [2.75, 3.05) is 7.11 Å². The van der Waals surface area contributed by atoms with Gasteiger partial charge in [-0.05, 0) is 48.5 Å². The number of H-pyrrole nitrogens is 1. The van der Waals surface area contributed by atoms with Gasteiger partial charge >= 0.3 is 0 Å². The number of fused-ring (bicyclic) bond motifs is 1. The van der Waals surface area contributed by atoms with Crippen molar-refractivity contribution in [2.24, 2.45) is 0 Å². The molecule has 2 aromatic carbocycles. The predicted molar refractivity (Wildman–Crippen MR) is 91.5 cm³/mol. The van der Waals surface area contributed by atoms with Crippen molar-refractivity contribution in [1.82, 2.24) is 9.71 Å². The van der Waals surface area contributed by atoms with Gasteiger partial charge in [-0.1, -0.05) is 0 Å². The first-order valence-electron chi connectivity index (χ1n) is 7.34. The molecule has 0 saturated heterocycles. The standard InChI is InChI=1S/C17H15FN2O4S/c1-24-14-4-7-16-11(9-14)8-12(17(21)20-16)10-19-25(22,23)15-5-2-13(18)3-6-15/h2-9,19H,10H2,1H3,(H,20,21). The molecule has 0 aliphatic carbocycles. The predicted octanol–water partition coefficient (Wildman–Crippen LogP) is 2.15. The largest absolute Gasteiger partial charge is 0.497 e. The minimum Gasteiger partial charge on any atom is -0.497 e. The number of sulfonamides is 1. The van der Waals surface area contributed by atoms with E-state index in [-0.39, 0.29) is 22.6 Å². The van der Waals surface area contributed by atoms with Gasteiger partial charge in [-0.2, -0.15) is 0 Å². The van der Waals surface area contributed by atoms with E-state index in [9.17, 15) is 17.6 Å². The molecule has 130 valence electrons. The van der Waals surface area contributed by atoms with Crippen molar-refractivity contribution >= 4 is 20.9 Å². The second-order valence-electron chi connectivity index (χ2n) is 5.36. The maximum Gasteiger partial charge on any atom is 0.252 e. The Morgan fingerprint density at radius 3 is 2.52 bits per heavy atom. The third kappa shape index (κ3) is 3.70. The van der Waals surface area contributed by atoms with Gasteiger partial charge in [0.05, 0.1) is 12.0 Å². The van der Waals surface area contributed by atoms with Crippen LogP contribution in [0.15, 0.2) is 58.2 Å². The van der Waals surface area contributed by atoms with E-state index in [0.29, 0.717) is 11.3 Å². The summed E-state index contributed by atoms with van der Waals surface area (Å²) in [6.45, 7) is -0.192. The molecule has 0 amide bonds. The van der Waals surface area contributed by atoms with Gasteiger partial charge in [-0.15, -0.1) is 0 Å². The molecule has 0 spiro atoms. The van der Waals surface area contributed by atoms with Crippen LogP contribution in [0.1, 0.15) is 5.56 Å². The zero-order valence-corrected chi connectivity index (χ0v) is 14.1. The first-order chi connectivity index (χ1) is 11.9. The molecule has 0 bridgehead atoms. The maximum atomic E-state index is 12.9. The van der Waals surface area contributed by atoms with Gasteiger partial charge in [0.25, 0.3) is 5.56 Å². The highest BCUT2D eigenvalue weighted by molar-refractivity contribution is 7.89. The summed E-state index contributed by atoms with van der Waals surface area (Å²) in [4.78, 5) is 14.7. The van der Waals surface area contributed by atoms with Crippen LogP contribution in [0.3, 0.4) is 0 Å². The summed E-state index contributed by atoms with van der Waals surface area (Å²) in [6.07, 6.45) is 0. The van der Waals surface area contributed by atoms with E-state index < -0.39 is 15.8 Å². The molecule has 1 aromatic heterocycles. The summed E-state index contributed by atoms with van der Waals surface area (Å²) in [5.41, 5.74) is 0.488. The Hall–Kier alpha value is -2.71. The fraction of sp³-hybridized carbons (Fsp3) is 0.118. The van der Waals surface area contributed by atoms with Crippen LogP contribution in [0, 0.1) is 5.82 Å². The molecule has 0 atom stereocenters. The van der Waals surface area contributed by atoms with Crippen LogP contribution in [0.4, 0.5) is 4.39 Å². The lowest BCUT2D eigenvalue weighted by Crippen LogP contribution is -2.27. The molecule has 0 radical (unpaired) electrons. The van der Waals surface area contributed by atoms with Gasteiger partial charge in [0, 0.05) is 23.0 Å². The molecule has 0 aliphatic rings. The molecule has 3 aromatic rings. The lowest BCUT2D eigenvalue weighted by Gasteiger charge is -2.08. The lowest BCUT2D eigenvalue weighted by molar-refractivity contribution is 0.415. The van der Waals surface area contributed by atoms with Crippen LogP contribution >= 0.6 is 0 Å². The number of aromatic nitrogens is 1. The number of halogens is 1. The molecule has 0 fully saturated rings. The van der Waals surface area contributed by atoms with Crippen LogP contribution < -0.4 is 15.0 Å². The van der Waals surface area contributed by atoms with Crippen LogP contribution in [0.25, 0.3) is 10.9 Å². The zero-order valence-electron chi connectivity index (χ0n) is 13.2. The highest BCUT2D eigenvalue weighted by Gasteiger charge is 2.15. The number of aromatic amines is 1. The molecule has 0 unspecified atom stereocenters. The monoisotopic (exact) mass is 362 g/mol. The fourth-order valence-electron chi connectivity index (χ4n) is 2.36. The van der Waals surface area contributed by atoms with Gasteiger partial charge in [0.1, 0.15) is 11.6 Å². The number of hydrogen-bond donors (Lipinski definition) is 2. The normalized spacial score (nSPS) is 11.6.